The first-order valence-electron chi connectivity index (χ1n) is 6.39. The first-order valence-corrected chi connectivity index (χ1v) is 7.18. The Hall–Kier alpha value is -2.08. The third kappa shape index (κ3) is 2.85. The van der Waals surface area contributed by atoms with Gasteiger partial charge in [0.2, 0.25) is 0 Å². The fourth-order valence-corrected chi connectivity index (χ4v) is 2.83. The monoisotopic (exact) mass is 349 g/mol. The first-order chi connectivity index (χ1) is 10.1. The molecular weight excluding hydrogens is 338 g/mol. The third-order valence-electron chi connectivity index (χ3n) is 3.22. The van der Waals surface area contributed by atoms with Gasteiger partial charge in [-0.1, -0.05) is 15.9 Å². The molecule has 1 aliphatic rings. The lowest BCUT2D eigenvalue weighted by Crippen LogP contribution is -2.04. The summed E-state index contributed by atoms with van der Waals surface area (Å²) in [6, 6.07) is 5.36. The molecule has 5 nitrogen and oxygen atoms in total. The molecule has 6 heteroatoms. The van der Waals surface area contributed by atoms with Crippen molar-refractivity contribution in [2.24, 2.45) is 0 Å². The second-order valence-electron chi connectivity index (χ2n) is 4.62. The molecule has 0 amide bonds. The number of benzene rings is 1. The van der Waals surface area contributed by atoms with Crippen LogP contribution in [0.1, 0.15) is 21.5 Å². The summed E-state index contributed by atoms with van der Waals surface area (Å²) < 4.78 is 12.2. The van der Waals surface area contributed by atoms with Gasteiger partial charge in [0.15, 0.2) is 5.75 Å². The number of hydrogen-bond acceptors (Lipinski definition) is 4. The molecular formula is C15H12BrNO4. The molecule has 0 aliphatic carbocycles. The van der Waals surface area contributed by atoms with Gasteiger partial charge in [0.05, 0.1) is 12.8 Å². The van der Waals surface area contributed by atoms with Crippen LogP contribution < -0.4 is 9.47 Å². The number of aromatic carboxylic acids is 1. The van der Waals surface area contributed by atoms with Crippen molar-refractivity contribution >= 4 is 21.9 Å². The van der Waals surface area contributed by atoms with Gasteiger partial charge in [0.1, 0.15) is 17.9 Å². The number of carboxylic acid groups (broad SMARTS) is 1. The topological polar surface area (TPSA) is 68.7 Å². The quantitative estimate of drug-likeness (QED) is 0.918. The molecule has 3 rings (SSSR count). The molecule has 0 spiro atoms. The highest BCUT2D eigenvalue weighted by Gasteiger charge is 2.18. The van der Waals surface area contributed by atoms with Crippen LogP contribution in [0.3, 0.4) is 0 Å². The van der Waals surface area contributed by atoms with Crippen LogP contribution in [0, 0.1) is 0 Å². The average molecular weight is 350 g/mol. The summed E-state index contributed by atoms with van der Waals surface area (Å²) in [5, 5.41) is 9.12. The summed E-state index contributed by atoms with van der Waals surface area (Å²) in [5.74, 6) is 0.0406. The molecule has 1 N–H and O–H groups in total. The van der Waals surface area contributed by atoms with Crippen molar-refractivity contribution in [2.45, 2.75) is 13.0 Å². The van der Waals surface area contributed by atoms with Crippen molar-refractivity contribution in [3.63, 3.8) is 0 Å². The molecule has 0 unspecified atom stereocenters. The second-order valence-corrected chi connectivity index (χ2v) is 5.53. The third-order valence-corrected chi connectivity index (χ3v) is 3.68. The number of halogens is 1. The van der Waals surface area contributed by atoms with Crippen molar-refractivity contribution in [1.82, 2.24) is 4.98 Å². The van der Waals surface area contributed by atoms with Crippen LogP contribution in [-0.2, 0) is 13.0 Å². The van der Waals surface area contributed by atoms with E-state index in [1.165, 1.54) is 18.5 Å². The summed E-state index contributed by atoms with van der Waals surface area (Å²) in [5.41, 5.74) is 2.11. The molecule has 0 atom stereocenters. The summed E-state index contributed by atoms with van der Waals surface area (Å²) in [7, 11) is 0. The number of pyridine rings is 1. The number of fused-ring (bicyclic) bond motifs is 1. The predicted octanol–water partition coefficient (Wildman–Crippen LogP) is 3.06. The van der Waals surface area contributed by atoms with Crippen LogP contribution in [0.15, 0.2) is 35.1 Å². The fourth-order valence-electron chi connectivity index (χ4n) is 2.28. The van der Waals surface area contributed by atoms with Crippen LogP contribution in [0.2, 0.25) is 0 Å². The van der Waals surface area contributed by atoms with Gasteiger partial charge < -0.3 is 14.6 Å². The van der Waals surface area contributed by atoms with Gasteiger partial charge in [-0.2, -0.15) is 0 Å². The first kappa shape index (κ1) is 13.9. The Balaban J connectivity index is 1.85. The average Bonchev–Trinajstić information content (AvgIpc) is 2.93. The van der Waals surface area contributed by atoms with Gasteiger partial charge in [0, 0.05) is 22.7 Å². The van der Waals surface area contributed by atoms with Crippen molar-refractivity contribution in [1.29, 1.82) is 0 Å². The Labute approximate surface area is 129 Å². The Morgan fingerprint density at radius 1 is 1.48 bits per heavy atom. The smallest absolute Gasteiger partial charge is 0.339 e. The minimum absolute atomic E-state index is 0.0950. The van der Waals surface area contributed by atoms with Crippen LogP contribution in [0.4, 0.5) is 0 Å². The van der Waals surface area contributed by atoms with E-state index in [4.69, 9.17) is 14.6 Å². The summed E-state index contributed by atoms with van der Waals surface area (Å²) in [6.45, 7) is 0.889. The largest absolute Gasteiger partial charge is 0.493 e. The van der Waals surface area contributed by atoms with E-state index in [1.54, 1.807) is 0 Å². The van der Waals surface area contributed by atoms with Crippen molar-refractivity contribution in [3.05, 3.63) is 51.8 Å². The molecule has 0 fully saturated rings. The summed E-state index contributed by atoms with van der Waals surface area (Å²) in [6.07, 6.45) is 3.70. The molecule has 1 aromatic heterocycles. The van der Waals surface area contributed by atoms with E-state index in [1.807, 2.05) is 12.1 Å². The SMILES string of the molecule is O=C(O)c1ccncc1OCc1cc(Br)cc2c1OCC2. The number of aromatic nitrogens is 1. The maximum absolute atomic E-state index is 11.1. The molecule has 0 saturated carbocycles. The van der Waals surface area contributed by atoms with Crippen molar-refractivity contribution < 1.29 is 19.4 Å². The van der Waals surface area contributed by atoms with Gasteiger partial charge in [-0.25, -0.2) is 4.79 Å². The van der Waals surface area contributed by atoms with Crippen LogP contribution in [0.5, 0.6) is 11.5 Å². The summed E-state index contributed by atoms with van der Waals surface area (Å²) in [4.78, 5) is 15.0. The van der Waals surface area contributed by atoms with Gasteiger partial charge in [-0.15, -0.1) is 0 Å². The van der Waals surface area contributed by atoms with Gasteiger partial charge in [0.25, 0.3) is 0 Å². The van der Waals surface area contributed by atoms with Gasteiger partial charge in [-0.05, 0) is 23.8 Å². The van der Waals surface area contributed by atoms with E-state index in [0.29, 0.717) is 6.61 Å². The molecule has 2 aromatic rings. The summed E-state index contributed by atoms with van der Waals surface area (Å²) >= 11 is 3.46. The fraction of sp³-hybridized carbons (Fsp3) is 0.200. The normalized spacial score (nSPS) is 12.6. The number of carboxylic acids is 1. The lowest BCUT2D eigenvalue weighted by atomic mass is 10.1. The molecule has 2 heterocycles. The van der Waals surface area contributed by atoms with Gasteiger partial charge >= 0.3 is 5.97 Å². The predicted molar refractivity (Wildman–Crippen MR) is 78.9 cm³/mol. The lowest BCUT2D eigenvalue weighted by molar-refractivity contribution is 0.0691. The van der Waals surface area contributed by atoms with E-state index in [2.05, 4.69) is 20.9 Å². The molecule has 0 saturated heterocycles. The van der Waals surface area contributed by atoms with Gasteiger partial charge in [-0.3, -0.25) is 4.98 Å². The van der Waals surface area contributed by atoms with E-state index in [9.17, 15) is 4.79 Å². The highest BCUT2D eigenvalue weighted by molar-refractivity contribution is 9.10. The number of ether oxygens (including phenoxy) is 2. The molecule has 1 aliphatic heterocycles. The Kier molecular flexibility index (Phi) is 3.79. The lowest BCUT2D eigenvalue weighted by Gasteiger charge is -2.12. The highest BCUT2D eigenvalue weighted by Crippen LogP contribution is 2.33. The number of rotatable bonds is 4. The number of nitrogens with zero attached hydrogens (tertiary/aromatic N) is 1. The number of hydrogen-bond donors (Lipinski definition) is 1. The zero-order valence-electron chi connectivity index (χ0n) is 11.0. The Bertz CT molecular complexity index is 702. The van der Waals surface area contributed by atoms with E-state index < -0.39 is 5.97 Å². The molecule has 21 heavy (non-hydrogen) atoms. The maximum Gasteiger partial charge on any atom is 0.339 e. The van der Waals surface area contributed by atoms with E-state index in [0.717, 1.165) is 27.8 Å². The van der Waals surface area contributed by atoms with Crippen molar-refractivity contribution in [3.8, 4) is 11.5 Å². The molecule has 1 aromatic carbocycles. The molecule has 108 valence electrons. The van der Waals surface area contributed by atoms with Crippen LogP contribution in [0.25, 0.3) is 0 Å². The minimum Gasteiger partial charge on any atom is -0.493 e. The standard InChI is InChI=1S/C15H12BrNO4/c16-11-5-9-2-4-20-14(9)10(6-11)8-21-13-7-17-3-1-12(13)15(18)19/h1,3,5-7H,2,4,8H2,(H,18,19). The van der Waals surface area contributed by atoms with Crippen LogP contribution >= 0.6 is 15.9 Å². The zero-order chi connectivity index (χ0) is 14.8. The minimum atomic E-state index is -1.04. The number of carbonyl (C=O) groups is 1. The molecule has 0 bridgehead atoms. The highest BCUT2D eigenvalue weighted by atomic mass is 79.9. The van der Waals surface area contributed by atoms with Crippen molar-refractivity contribution in [2.75, 3.05) is 6.61 Å². The van der Waals surface area contributed by atoms with E-state index in [-0.39, 0.29) is 17.9 Å². The Morgan fingerprint density at radius 3 is 3.14 bits per heavy atom. The maximum atomic E-state index is 11.1. The zero-order valence-corrected chi connectivity index (χ0v) is 12.6. The molecule has 0 radical (unpaired) electrons. The Morgan fingerprint density at radius 2 is 2.33 bits per heavy atom. The van der Waals surface area contributed by atoms with Crippen LogP contribution in [-0.4, -0.2) is 22.7 Å². The van der Waals surface area contributed by atoms with E-state index >= 15 is 0 Å². The second kappa shape index (κ2) is 5.73.